The number of carbonyl (C=O) groups excluding carboxylic acids is 1. The SMILES string of the molecule is CSc1nc(O)c(/C=C2\C=Nc3ncc(NC(C)=O)cc32)[nH]1. The summed E-state index contributed by atoms with van der Waals surface area (Å²) in [6, 6.07) is 1.80. The minimum atomic E-state index is -0.165. The van der Waals surface area contributed by atoms with Crippen molar-refractivity contribution in [2.75, 3.05) is 11.6 Å². The number of anilines is 1. The Morgan fingerprint density at radius 1 is 1.50 bits per heavy atom. The molecule has 112 valence electrons. The Bertz CT molecular complexity index is 810. The number of H-pyrrole nitrogens is 1. The lowest BCUT2D eigenvalue weighted by Crippen LogP contribution is -2.06. The first kappa shape index (κ1) is 14.3. The molecule has 22 heavy (non-hydrogen) atoms. The largest absolute Gasteiger partial charge is 0.492 e. The van der Waals surface area contributed by atoms with E-state index in [1.165, 1.54) is 18.7 Å². The predicted molar refractivity (Wildman–Crippen MR) is 86.6 cm³/mol. The fourth-order valence-corrected chi connectivity index (χ4v) is 2.46. The lowest BCUT2D eigenvalue weighted by atomic mass is 10.1. The van der Waals surface area contributed by atoms with Gasteiger partial charge >= 0.3 is 0 Å². The number of aromatic nitrogens is 3. The first-order valence-corrected chi connectivity index (χ1v) is 7.66. The molecule has 0 aliphatic carbocycles. The number of aromatic amines is 1. The Morgan fingerprint density at radius 3 is 3.00 bits per heavy atom. The molecular formula is C14H13N5O2S. The second-order valence-corrected chi connectivity index (χ2v) is 5.41. The highest BCUT2D eigenvalue weighted by molar-refractivity contribution is 7.98. The molecule has 0 bridgehead atoms. The van der Waals surface area contributed by atoms with E-state index in [-0.39, 0.29) is 11.8 Å². The zero-order valence-corrected chi connectivity index (χ0v) is 12.7. The van der Waals surface area contributed by atoms with Crippen molar-refractivity contribution in [1.82, 2.24) is 15.0 Å². The van der Waals surface area contributed by atoms with E-state index >= 15 is 0 Å². The van der Waals surface area contributed by atoms with Gasteiger partial charge in [-0.2, -0.15) is 4.98 Å². The summed E-state index contributed by atoms with van der Waals surface area (Å²) < 4.78 is 0. The molecule has 2 aromatic heterocycles. The van der Waals surface area contributed by atoms with E-state index in [0.717, 1.165) is 11.1 Å². The van der Waals surface area contributed by atoms with Crippen LogP contribution in [0.1, 0.15) is 18.2 Å². The Hall–Kier alpha value is -2.61. The van der Waals surface area contributed by atoms with Crippen molar-refractivity contribution in [2.45, 2.75) is 12.1 Å². The summed E-state index contributed by atoms with van der Waals surface area (Å²) in [5.74, 6) is 0.344. The zero-order chi connectivity index (χ0) is 15.7. The number of allylic oxidation sites excluding steroid dienone is 1. The van der Waals surface area contributed by atoms with Gasteiger partial charge in [0.05, 0.1) is 11.9 Å². The molecule has 0 saturated carbocycles. The number of aliphatic imine (C=N–C) groups is 1. The second kappa shape index (κ2) is 5.64. The van der Waals surface area contributed by atoms with E-state index in [2.05, 4.69) is 25.3 Å². The fourth-order valence-electron chi connectivity index (χ4n) is 2.07. The van der Waals surface area contributed by atoms with Crippen LogP contribution in [0.4, 0.5) is 11.5 Å². The number of amides is 1. The first-order valence-electron chi connectivity index (χ1n) is 6.43. The Kier molecular flexibility index (Phi) is 3.68. The van der Waals surface area contributed by atoms with E-state index in [1.807, 2.05) is 6.26 Å². The van der Waals surface area contributed by atoms with Crippen LogP contribution in [0.25, 0.3) is 11.6 Å². The lowest BCUT2D eigenvalue weighted by Gasteiger charge is -2.04. The average Bonchev–Trinajstić information content (AvgIpc) is 3.03. The van der Waals surface area contributed by atoms with E-state index in [0.29, 0.717) is 22.4 Å². The first-order chi connectivity index (χ1) is 10.6. The van der Waals surface area contributed by atoms with Crippen molar-refractivity contribution in [1.29, 1.82) is 0 Å². The lowest BCUT2D eigenvalue weighted by molar-refractivity contribution is -0.114. The number of hydrogen-bond acceptors (Lipinski definition) is 6. The van der Waals surface area contributed by atoms with Gasteiger partial charge in [-0.05, 0) is 18.4 Å². The van der Waals surface area contributed by atoms with Crippen LogP contribution in [0.15, 0.2) is 22.4 Å². The van der Waals surface area contributed by atoms with Gasteiger partial charge in [0.25, 0.3) is 0 Å². The normalized spacial score (nSPS) is 14.4. The molecule has 0 fully saturated rings. The molecule has 3 N–H and O–H groups in total. The Morgan fingerprint density at radius 2 is 2.32 bits per heavy atom. The minimum absolute atomic E-state index is 0.0651. The number of rotatable bonds is 3. The number of thioether (sulfide) groups is 1. The Balaban J connectivity index is 1.98. The second-order valence-electron chi connectivity index (χ2n) is 4.62. The summed E-state index contributed by atoms with van der Waals surface area (Å²) in [6.07, 6.45) is 6.83. The molecule has 0 saturated heterocycles. The number of nitrogens with one attached hydrogen (secondary N) is 2. The third-order valence-electron chi connectivity index (χ3n) is 3.01. The van der Waals surface area contributed by atoms with Gasteiger partial charge in [0.2, 0.25) is 11.8 Å². The van der Waals surface area contributed by atoms with E-state index < -0.39 is 0 Å². The van der Waals surface area contributed by atoms with Crippen LogP contribution in [0.3, 0.4) is 0 Å². The summed E-state index contributed by atoms with van der Waals surface area (Å²) in [4.78, 5) is 26.5. The molecule has 0 radical (unpaired) electrons. The van der Waals surface area contributed by atoms with Crippen LogP contribution in [0, 0.1) is 0 Å². The maximum Gasteiger partial charge on any atom is 0.237 e. The van der Waals surface area contributed by atoms with Gasteiger partial charge in [0, 0.05) is 24.3 Å². The summed E-state index contributed by atoms with van der Waals surface area (Å²) in [6.45, 7) is 1.44. The van der Waals surface area contributed by atoms with Crippen LogP contribution in [0.5, 0.6) is 5.88 Å². The number of nitrogens with zero attached hydrogens (tertiary/aromatic N) is 3. The molecule has 0 atom stereocenters. The standard InChI is InChI=1S/C14H13N5O2S/c1-7(20)17-9-4-10-8(5-15-12(10)16-6-9)3-11-13(21)19-14(18-11)22-2/h3-6,21H,1-2H3,(H,17,20)(H,18,19)/b8-3+. The number of aromatic hydroxyl groups is 1. The fraction of sp³-hybridized carbons (Fsp3) is 0.143. The van der Waals surface area contributed by atoms with Crippen molar-refractivity contribution in [3.63, 3.8) is 0 Å². The maximum atomic E-state index is 11.1. The quantitative estimate of drug-likeness (QED) is 0.755. The molecule has 3 rings (SSSR count). The predicted octanol–water partition coefficient (Wildman–Crippen LogP) is 2.45. The highest BCUT2D eigenvalue weighted by atomic mass is 32.2. The van der Waals surface area contributed by atoms with Crippen molar-refractivity contribution in [3.05, 3.63) is 23.5 Å². The van der Waals surface area contributed by atoms with Crippen molar-refractivity contribution in [2.24, 2.45) is 4.99 Å². The summed E-state index contributed by atoms with van der Waals surface area (Å²) in [5, 5.41) is 13.1. The van der Waals surface area contributed by atoms with Gasteiger partial charge in [-0.1, -0.05) is 11.8 Å². The molecule has 0 spiro atoms. The van der Waals surface area contributed by atoms with E-state index in [4.69, 9.17) is 0 Å². The zero-order valence-electron chi connectivity index (χ0n) is 11.9. The third kappa shape index (κ3) is 2.73. The van der Waals surface area contributed by atoms with E-state index in [9.17, 15) is 9.90 Å². The van der Waals surface area contributed by atoms with Gasteiger partial charge < -0.3 is 15.4 Å². The highest BCUT2D eigenvalue weighted by Crippen LogP contribution is 2.33. The molecular weight excluding hydrogens is 302 g/mol. The minimum Gasteiger partial charge on any atom is -0.492 e. The number of imidazole rings is 1. The van der Waals surface area contributed by atoms with Gasteiger partial charge in [0.15, 0.2) is 11.0 Å². The van der Waals surface area contributed by atoms with Crippen molar-refractivity contribution < 1.29 is 9.90 Å². The smallest absolute Gasteiger partial charge is 0.237 e. The van der Waals surface area contributed by atoms with Crippen LogP contribution in [-0.2, 0) is 4.79 Å². The third-order valence-corrected chi connectivity index (χ3v) is 3.59. The van der Waals surface area contributed by atoms with Crippen molar-refractivity contribution in [3.8, 4) is 5.88 Å². The summed E-state index contributed by atoms with van der Waals surface area (Å²) in [5.41, 5.74) is 2.66. The monoisotopic (exact) mass is 315 g/mol. The molecule has 2 aromatic rings. The van der Waals surface area contributed by atoms with Crippen LogP contribution >= 0.6 is 11.8 Å². The molecule has 1 aliphatic heterocycles. The number of hydrogen-bond donors (Lipinski definition) is 3. The molecule has 0 unspecified atom stereocenters. The number of fused-ring (bicyclic) bond motifs is 1. The number of pyridine rings is 1. The maximum absolute atomic E-state index is 11.1. The summed E-state index contributed by atoms with van der Waals surface area (Å²) in [7, 11) is 0. The molecule has 7 nitrogen and oxygen atoms in total. The topological polar surface area (TPSA) is 103 Å². The molecule has 8 heteroatoms. The van der Waals surface area contributed by atoms with Gasteiger partial charge in [-0.15, -0.1) is 0 Å². The molecule has 0 aromatic carbocycles. The molecule has 3 heterocycles. The van der Waals surface area contributed by atoms with Crippen LogP contribution in [-0.4, -0.2) is 38.4 Å². The van der Waals surface area contributed by atoms with Crippen molar-refractivity contribution >= 4 is 47.0 Å². The van der Waals surface area contributed by atoms with Gasteiger partial charge in [-0.25, -0.2) is 9.98 Å². The van der Waals surface area contributed by atoms with Gasteiger partial charge in [-0.3, -0.25) is 4.79 Å². The van der Waals surface area contributed by atoms with Gasteiger partial charge in [0.1, 0.15) is 5.69 Å². The molecule has 1 amide bonds. The molecule has 1 aliphatic rings. The highest BCUT2D eigenvalue weighted by Gasteiger charge is 2.16. The summed E-state index contributed by atoms with van der Waals surface area (Å²) >= 11 is 1.41. The number of carbonyl (C=O) groups is 1. The van der Waals surface area contributed by atoms with Crippen LogP contribution < -0.4 is 5.32 Å². The average molecular weight is 315 g/mol. The van der Waals surface area contributed by atoms with Crippen LogP contribution in [0.2, 0.25) is 0 Å². The Labute approximate surface area is 130 Å². The van der Waals surface area contributed by atoms with E-state index in [1.54, 1.807) is 24.6 Å².